The number of aliphatic hydroxyl groups is 1. The fourth-order valence-electron chi connectivity index (χ4n) is 2.99. The third kappa shape index (κ3) is 7.25. The monoisotopic (exact) mass is 371 g/mol. The molecule has 0 radical (unpaired) electrons. The largest absolute Gasteiger partial charge is 0.386 e. The lowest BCUT2D eigenvalue weighted by molar-refractivity contribution is 0.165. The van der Waals surface area contributed by atoms with E-state index in [-0.39, 0.29) is 18.2 Å². The van der Waals surface area contributed by atoms with Gasteiger partial charge in [-0.15, -0.1) is 0 Å². The molecule has 1 aromatic rings. The second-order valence-electron chi connectivity index (χ2n) is 6.78. The van der Waals surface area contributed by atoms with Gasteiger partial charge in [-0.25, -0.2) is 13.6 Å². The lowest BCUT2D eigenvalue weighted by Crippen LogP contribution is -2.47. The fourth-order valence-corrected chi connectivity index (χ4v) is 2.99. The van der Waals surface area contributed by atoms with Gasteiger partial charge in [0.1, 0.15) is 11.6 Å². The predicted molar refractivity (Wildman–Crippen MR) is 98.9 cm³/mol. The minimum atomic E-state index is -1.24. The Labute approximate surface area is 154 Å². The first-order valence-electron chi connectivity index (χ1n) is 9.17. The first-order valence-corrected chi connectivity index (χ1v) is 9.17. The lowest BCUT2D eigenvalue weighted by Gasteiger charge is -2.31. The van der Waals surface area contributed by atoms with Crippen LogP contribution in [0.15, 0.2) is 18.2 Å². The van der Waals surface area contributed by atoms with Gasteiger partial charge in [-0.1, -0.05) is 33.8 Å². The van der Waals surface area contributed by atoms with E-state index in [0.29, 0.717) is 18.5 Å². The number of nitrogens with one attached hydrogen (secondary N) is 2. The quantitative estimate of drug-likeness (QED) is 0.592. The van der Waals surface area contributed by atoms with Gasteiger partial charge >= 0.3 is 6.03 Å². The lowest BCUT2D eigenvalue weighted by atomic mass is 10.0. The van der Waals surface area contributed by atoms with E-state index in [1.165, 1.54) is 6.07 Å². The molecule has 0 aliphatic heterocycles. The molecular formula is C19H31F2N3O2. The van der Waals surface area contributed by atoms with Gasteiger partial charge in [0, 0.05) is 30.8 Å². The van der Waals surface area contributed by atoms with Crippen molar-refractivity contribution in [3.8, 4) is 0 Å². The molecule has 2 amide bonds. The van der Waals surface area contributed by atoms with Crippen molar-refractivity contribution in [2.45, 2.75) is 46.3 Å². The summed E-state index contributed by atoms with van der Waals surface area (Å²) in [6.45, 7) is 10.6. The van der Waals surface area contributed by atoms with Crippen molar-refractivity contribution in [1.82, 2.24) is 15.5 Å². The number of carbonyl (C=O) groups is 1. The number of urea groups is 1. The van der Waals surface area contributed by atoms with Crippen LogP contribution in [0.5, 0.6) is 0 Å². The summed E-state index contributed by atoms with van der Waals surface area (Å²) in [7, 11) is 0. The third-order valence-electron chi connectivity index (χ3n) is 4.35. The van der Waals surface area contributed by atoms with Crippen LogP contribution in [0.25, 0.3) is 0 Å². The van der Waals surface area contributed by atoms with Crippen molar-refractivity contribution in [3.63, 3.8) is 0 Å². The van der Waals surface area contributed by atoms with E-state index in [0.717, 1.165) is 25.6 Å². The molecule has 5 nitrogen and oxygen atoms in total. The summed E-state index contributed by atoms with van der Waals surface area (Å²) in [5.41, 5.74) is -0.0486. The summed E-state index contributed by atoms with van der Waals surface area (Å²) in [5.74, 6) is -1.04. The molecule has 0 saturated heterocycles. The molecule has 1 aromatic carbocycles. The number of hydrogen-bond acceptors (Lipinski definition) is 3. The molecule has 0 aromatic heterocycles. The average molecular weight is 371 g/mol. The van der Waals surface area contributed by atoms with Gasteiger partial charge in [0.2, 0.25) is 0 Å². The van der Waals surface area contributed by atoms with E-state index >= 15 is 0 Å². The second kappa shape index (κ2) is 11.1. The Bertz CT molecular complexity index is 566. The molecule has 148 valence electrons. The second-order valence-corrected chi connectivity index (χ2v) is 6.78. The van der Waals surface area contributed by atoms with E-state index in [2.05, 4.69) is 43.2 Å². The van der Waals surface area contributed by atoms with Crippen LogP contribution in [0.3, 0.4) is 0 Å². The molecule has 2 atom stereocenters. The van der Waals surface area contributed by atoms with E-state index in [1.54, 1.807) is 0 Å². The minimum Gasteiger partial charge on any atom is -0.386 e. The number of rotatable bonds is 10. The van der Waals surface area contributed by atoms with Gasteiger partial charge < -0.3 is 15.7 Å². The number of halogens is 2. The standard InChI is InChI=1S/C19H31F2N3O2/c1-5-24(6-2)15(9-13(3)4)11-22-19(26)23-12-18(25)16-8-7-14(20)10-17(16)21/h7-8,10,13,15,18,25H,5-6,9,11-12H2,1-4H3,(H2,22,23,26). The van der Waals surface area contributed by atoms with E-state index < -0.39 is 23.8 Å². The Hall–Kier alpha value is -1.73. The van der Waals surface area contributed by atoms with Gasteiger partial charge in [-0.2, -0.15) is 0 Å². The van der Waals surface area contributed by atoms with Crippen LogP contribution in [0.4, 0.5) is 13.6 Å². The number of hydrogen-bond donors (Lipinski definition) is 3. The van der Waals surface area contributed by atoms with Crippen molar-refractivity contribution in [2.24, 2.45) is 5.92 Å². The Kier molecular flexibility index (Phi) is 9.51. The first-order chi connectivity index (χ1) is 12.3. The van der Waals surface area contributed by atoms with Crippen molar-refractivity contribution >= 4 is 6.03 Å². The van der Waals surface area contributed by atoms with Crippen molar-refractivity contribution in [3.05, 3.63) is 35.4 Å². The number of aliphatic hydroxyl groups excluding tert-OH is 1. The summed E-state index contributed by atoms with van der Waals surface area (Å²) in [4.78, 5) is 14.3. The van der Waals surface area contributed by atoms with Gasteiger partial charge in [0.05, 0.1) is 6.10 Å². The maximum atomic E-state index is 13.6. The molecule has 0 fully saturated rings. The molecule has 3 N–H and O–H groups in total. The zero-order chi connectivity index (χ0) is 19.7. The van der Waals surface area contributed by atoms with Crippen LogP contribution in [-0.2, 0) is 0 Å². The van der Waals surface area contributed by atoms with E-state index in [1.807, 2.05) is 0 Å². The smallest absolute Gasteiger partial charge is 0.314 e. The van der Waals surface area contributed by atoms with Gasteiger partial charge in [-0.3, -0.25) is 4.90 Å². The Morgan fingerprint density at radius 3 is 2.31 bits per heavy atom. The maximum Gasteiger partial charge on any atom is 0.314 e. The fraction of sp³-hybridized carbons (Fsp3) is 0.632. The van der Waals surface area contributed by atoms with Gasteiger partial charge in [-0.05, 0) is 31.5 Å². The molecule has 0 spiro atoms. The summed E-state index contributed by atoms with van der Waals surface area (Å²) in [6.07, 6.45) is -0.277. The van der Waals surface area contributed by atoms with Crippen LogP contribution in [0, 0.1) is 17.6 Å². The summed E-state index contributed by atoms with van der Waals surface area (Å²) in [6, 6.07) is 2.76. The summed E-state index contributed by atoms with van der Waals surface area (Å²) in [5, 5.41) is 15.3. The van der Waals surface area contributed by atoms with Crippen LogP contribution in [0.1, 0.15) is 45.8 Å². The van der Waals surface area contributed by atoms with Crippen LogP contribution >= 0.6 is 0 Å². The molecule has 0 bridgehead atoms. The average Bonchev–Trinajstić information content (AvgIpc) is 2.58. The predicted octanol–water partition coefficient (Wildman–Crippen LogP) is 3.05. The van der Waals surface area contributed by atoms with Crippen molar-refractivity contribution < 1.29 is 18.7 Å². The molecule has 0 aliphatic rings. The molecule has 0 heterocycles. The number of amides is 2. The molecular weight excluding hydrogens is 340 g/mol. The maximum absolute atomic E-state index is 13.6. The normalized spacial score (nSPS) is 13.7. The first kappa shape index (κ1) is 22.3. The highest BCUT2D eigenvalue weighted by atomic mass is 19.1. The number of benzene rings is 1. The molecule has 0 aliphatic carbocycles. The number of likely N-dealkylation sites (N-methyl/N-ethyl adjacent to an activating group) is 1. The van der Waals surface area contributed by atoms with Gasteiger partial charge in [0.25, 0.3) is 0 Å². The molecule has 26 heavy (non-hydrogen) atoms. The Morgan fingerprint density at radius 1 is 1.15 bits per heavy atom. The molecule has 7 heteroatoms. The highest BCUT2D eigenvalue weighted by Crippen LogP contribution is 2.17. The number of carbonyl (C=O) groups excluding carboxylic acids is 1. The Balaban J connectivity index is 2.51. The summed E-state index contributed by atoms with van der Waals surface area (Å²) < 4.78 is 26.5. The topological polar surface area (TPSA) is 64.6 Å². The molecule has 0 saturated carbocycles. The van der Waals surface area contributed by atoms with Gasteiger partial charge in [0.15, 0.2) is 0 Å². The molecule has 2 unspecified atom stereocenters. The Morgan fingerprint density at radius 2 is 1.77 bits per heavy atom. The number of nitrogens with zero attached hydrogens (tertiary/aromatic N) is 1. The van der Waals surface area contributed by atoms with Crippen LogP contribution < -0.4 is 10.6 Å². The van der Waals surface area contributed by atoms with Crippen molar-refractivity contribution in [2.75, 3.05) is 26.2 Å². The third-order valence-corrected chi connectivity index (χ3v) is 4.35. The highest BCUT2D eigenvalue weighted by Gasteiger charge is 2.19. The minimum absolute atomic E-state index is 0.0486. The van der Waals surface area contributed by atoms with E-state index in [4.69, 9.17) is 0 Å². The van der Waals surface area contributed by atoms with Crippen LogP contribution in [0.2, 0.25) is 0 Å². The highest BCUT2D eigenvalue weighted by molar-refractivity contribution is 5.73. The van der Waals surface area contributed by atoms with Crippen molar-refractivity contribution in [1.29, 1.82) is 0 Å². The SMILES string of the molecule is CCN(CC)C(CNC(=O)NCC(O)c1ccc(F)cc1F)CC(C)C. The van der Waals surface area contributed by atoms with E-state index in [9.17, 15) is 18.7 Å². The summed E-state index contributed by atoms with van der Waals surface area (Å²) >= 11 is 0. The van der Waals surface area contributed by atoms with Crippen LogP contribution in [-0.4, -0.2) is 48.3 Å². The molecule has 1 rings (SSSR count). The zero-order valence-corrected chi connectivity index (χ0v) is 16.1. The zero-order valence-electron chi connectivity index (χ0n) is 16.1.